The molecule has 2 heterocycles. The molecule has 21 heavy (non-hydrogen) atoms. The van der Waals surface area contributed by atoms with E-state index in [1.165, 1.54) is 24.1 Å². The Balaban J connectivity index is 1.60. The molecule has 0 radical (unpaired) electrons. The molecule has 3 N–H and O–H groups in total. The standard InChI is InChI=1S/C17H22N3O/c18-15-5-6-17-14(8-15)10-20(12-19-9-13-3-4-13)7-1-2-16(20)11-21-17/h1-2,5-6,8,11,13,19H,3-4,7,9-10,12,18H2/q+1. The van der Waals surface area contributed by atoms with Crippen molar-refractivity contribution in [1.82, 2.24) is 5.32 Å². The molecule has 1 aromatic rings. The number of hydrogen-bond acceptors (Lipinski definition) is 3. The topological polar surface area (TPSA) is 47.3 Å². The molecule has 1 fully saturated rings. The molecule has 2 aliphatic heterocycles. The molecule has 4 rings (SSSR count). The van der Waals surface area contributed by atoms with Crippen LogP contribution in [0.3, 0.4) is 0 Å². The van der Waals surface area contributed by atoms with E-state index in [9.17, 15) is 0 Å². The van der Waals surface area contributed by atoms with Gasteiger partial charge in [-0.1, -0.05) is 0 Å². The summed E-state index contributed by atoms with van der Waals surface area (Å²) in [7, 11) is 0. The summed E-state index contributed by atoms with van der Waals surface area (Å²) in [6.07, 6.45) is 9.11. The van der Waals surface area contributed by atoms with Gasteiger partial charge in [0.2, 0.25) is 0 Å². The smallest absolute Gasteiger partial charge is 0.169 e. The van der Waals surface area contributed by atoms with Crippen molar-refractivity contribution < 1.29 is 9.22 Å². The predicted octanol–water partition coefficient (Wildman–Crippen LogP) is 2.35. The zero-order chi connectivity index (χ0) is 14.3. The van der Waals surface area contributed by atoms with Crippen molar-refractivity contribution >= 4 is 5.69 Å². The first-order chi connectivity index (χ1) is 10.3. The molecule has 4 heteroatoms. The normalized spacial score (nSPS) is 26.6. The molecular weight excluding hydrogens is 262 g/mol. The number of nitrogens with two attached hydrogens (primary N) is 1. The van der Waals surface area contributed by atoms with E-state index in [-0.39, 0.29) is 0 Å². The molecule has 0 spiro atoms. The second-order valence-electron chi connectivity index (χ2n) is 6.47. The van der Waals surface area contributed by atoms with E-state index >= 15 is 0 Å². The Kier molecular flexibility index (Phi) is 3.01. The zero-order valence-corrected chi connectivity index (χ0v) is 12.2. The predicted molar refractivity (Wildman–Crippen MR) is 83.1 cm³/mol. The highest BCUT2D eigenvalue weighted by atomic mass is 16.5. The van der Waals surface area contributed by atoms with Gasteiger partial charge in [0.15, 0.2) is 12.0 Å². The fourth-order valence-electron chi connectivity index (χ4n) is 3.25. The maximum absolute atomic E-state index is 5.95. The third-order valence-electron chi connectivity index (χ3n) is 4.70. The minimum absolute atomic E-state index is 0.803. The van der Waals surface area contributed by atoms with E-state index in [2.05, 4.69) is 17.5 Å². The van der Waals surface area contributed by atoms with Gasteiger partial charge >= 0.3 is 0 Å². The number of allylic oxidation sites excluding steroid dienone is 1. The van der Waals surface area contributed by atoms with Crippen LogP contribution in [-0.2, 0) is 6.54 Å². The average Bonchev–Trinajstić information content (AvgIpc) is 3.22. The van der Waals surface area contributed by atoms with E-state index in [1.54, 1.807) is 0 Å². The molecule has 0 saturated heterocycles. The van der Waals surface area contributed by atoms with Gasteiger partial charge in [0, 0.05) is 18.3 Å². The van der Waals surface area contributed by atoms with Crippen LogP contribution in [0.1, 0.15) is 18.4 Å². The van der Waals surface area contributed by atoms with Gasteiger partial charge in [-0.25, -0.2) is 0 Å². The summed E-state index contributed by atoms with van der Waals surface area (Å²) in [6, 6.07) is 5.92. The van der Waals surface area contributed by atoms with E-state index in [4.69, 9.17) is 10.5 Å². The van der Waals surface area contributed by atoms with E-state index in [0.29, 0.717) is 0 Å². The van der Waals surface area contributed by atoms with Crippen molar-refractivity contribution in [2.45, 2.75) is 19.4 Å². The fraction of sp³-hybridized carbons (Fsp3) is 0.412. The number of ether oxygens (including phenoxy) is 1. The number of nitrogen functional groups attached to an aromatic ring is 1. The Morgan fingerprint density at radius 3 is 3.10 bits per heavy atom. The highest BCUT2D eigenvalue weighted by Crippen LogP contribution is 2.35. The average molecular weight is 284 g/mol. The highest BCUT2D eigenvalue weighted by Gasteiger charge is 2.38. The molecule has 4 nitrogen and oxygen atoms in total. The van der Waals surface area contributed by atoms with Crippen LogP contribution >= 0.6 is 0 Å². The first kappa shape index (κ1) is 12.9. The molecule has 1 saturated carbocycles. The number of fused-ring (bicyclic) bond motifs is 2. The van der Waals surface area contributed by atoms with Crippen LogP contribution in [0.2, 0.25) is 0 Å². The number of rotatable bonds is 4. The van der Waals surface area contributed by atoms with Gasteiger partial charge < -0.3 is 10.5 Å². The third kappa shape index (κ3) is 2.45. The quantitative estimate of drug-likeness (QED) is 0.659. The molecule has 0 amide bonds. The SMILES string of the molecule is Nc1ccc2c(c1)C[N+]1(CNCC3CC3)CC=CC1=CO2. The maximum atomic E-state index is 5.95. The van der Waals surface area contributed by atoms with Crippen LogP contribution < -0.4 is 15.8 Å². The zero-order valence-electron chi connectivity index (χ0n) is 12.2. The molecule has 110 valence electrons. The Morgan fingerprint density at radius 2 is 2.24 bits per heavy atom. The van der Waals surface area contributed by atoms with Crippen LogP contribution in [0.15, 0.2) is 42.3 Å². The molecule has 1 aromatic carbocycles. The lowest BCUT2D eigenvalue weighted by Crippen LogP contribution is -2.49. The fourth-order valence-corrected chi connectivity index (χ4v) is 3.25. The van der Waals surface area contributed by atoms with Gasteiger partial charge in [-0.05, 0) is 43.0 Å². The molecule has 3 aliphatic rings. The first-order valence-electron chi connectivity index (χ1n) is 7.74. The summed E-state index contributed by atoms with van der Waals surface area (Å²) in [5.41, 5.74) is 9.19. The van der Waals surface area contributed by atoms with Crippen molar-refractivity contribution in [3.8, 4) is 5.75 Å². The number of benzene rings is 1. The van der Waals surface area contributed by atoms with E-state index < -0.39 is 0 Å². The monoisotopic (exact) mass is 284 g/mol. The first-order valence-corrected chi connectivity index (χ1v) is 7.74. The number of quaternary nitrogens is 1. The maximum Gasteiger partial charge on any atom is 0.169 e. The van der Waals surface area contributed by atoms with Crippen LogP contribution in [0.25, 0.3) is 0 Å². The number of nitrogens with one attached hydrogen (secondary N) is 1. The summed E-state index contributed by atoms with van der Waals surface area (Å²) < 4.78 is 6.76. The van der Waals surface area contributed by atoms with Crippen LogP contribution in [0, 0.1) is 5.92 Å². The van der Waals surface area contributed by atoms with E-state index in [1.807, 2.05) is 24.5 Å². The Labute approximate surface area is 125 Å². The Morgan fingerprint density at radius 1 is 1.33 bits per heavy atom. The third-order valence-corrected chi connectivity index (χ3v) is 4.70. The minimum Gasteiger partial charge on any atom is -0.458 e. The molecule has 0 bridgehead atoms. The van der Waals surface area contributed by atoms with Gasteiger partial charge in [0.1, 0.15) is 25.5 Å². The molecule has 1 unspecified atom stereocenters. The van der Waals surface area contributed by atoms with Crippen molar-refractivity contribution in [1.29, 1.82) is 0 Å². The molecule has 0 aromatic heterocycles. The van der Waals surface area contributed by atoms with Crippen molar-refractivity contribution in [2.75, 3.05) is 25.5 Å². The lowest BCUT2D eigenvalue weighted by molar-refractivity contribution is -0.895. The Hall–Kier alpha value is -1.78. The van der Waals surface area contributed by atoms with Gasteiger partial charge in [-0.2, -0.15) is 0 Å². The molecule has 1 atom stereocenters. The second kappa shape index (κ2) is 4.90. The summed E-state index contributed by atoms with van der Waals surface area (Å²) in [5.74, 6) is 1.83. The van der Waals surface area contributed by atoms with Crippen LogP contribution in [-0.4, -0.2) is 24.2 Å². The number of anilines is 1. The summed E-state index contributed by atoms with van der Waals surface area (Å²) >= 11 is 0. The van der Waals surface area contributed by atoms with Gasteiger partial charge in [-0.3, -0.25) is 9.80 Å². The number of nitrogens with zero attached hydrogens (tertiary/aromatic N) is 1. The van der Waals surface area contributed by atoms with Crippen molar-refractivity contribution in [2.24, 2.45) is 5.92 Å². The van der Waals surface area contributed by atoms with Crippen LogP contribution in [0.4, 0.5) is 5.69 Å². The summed E-state index contributed by atoms with van der Waals surface area (Å²) in [5, 5.41) is 3.66. The van der Waals surface area contributed by atoms with Gasteiger partial charge in [-0.15, -0.1) is 0 Å². The lowest BCUT2D eigenvalue weighted by Gasteiger charge is -2.34. The van der Waals surface area contributed by atoms with Crippen molar-refractivity contribution in [3.63, 3.8) is 0 Å². The van der Waals surface area contributed by atoms with Gasteiger partial charge in [0.25, 0.3) is 0 Å². The lowest BCUT2D eigenvalue weighted by atomic mass is 10.1. The van der Waals surface area contributed by atoms with Crippen LogP contribution in [0.5, 0.6) is 5.75 Å². The molecule has 1 aliphatic carbocycles. The largest absolute Gasteiger partial charge is 0.458 e. The van der Waals surface area contributed by atoms with E-state index in [0.717, 1.165) is 48.1 Å². The highest BCUT2D eigenvalue weighted by molar-refractivity contribution is 5.48. The summed E-state index contributed by atoms with van der Waals surface area (Å²) in [4.78, 5) is 0. The second-order valence-corrected chi connectivity index (χ2v) is 6.47. The molecular formula is C17H22N3O+. The van der Waals surface area contributed by atoms with Crippen molar-refractivity contribution in [3.05, 3.63) is 47.9 Å². The Bertz CT molecular complexity index is 618. The minimum atomic E-state index is 0.803. The number of hydrogen-bond donors (Lipinski definition) is 2. The summed E-state index contributed by atoms with van der Waals surface area (Å²) in [6.45, 7) is 4.03. The van der Waals surface area contributed by atoms with Gasteiger partial charge in [0.05, 0.1) is 5.56 Å².